The molecule has 0 spiro atoms. The van der Waals surface area contributed by atoms with Crippen LogP contribution in [0.4, 0.5) is 11.4 Å². The highest BCUT2D eigenvalue weighted by atomic mass is 16.2. The predicted molar refractivity (Wildman–Crippen MR) is 147 cm³/mol. The van der Waals surface area contributed by atoms with E-state index in [0.29, 0.717) is 22.5 Å². The fourth-order valence-corrected chi connectivity index (χ4v) is 3.88. The molecule has 5 N–H and O–H groups in total. The number of carbonyl (C=O) groups is 3. The minimum Gasteiger partial charge on any atom is -0.397 e. The summed E-state index contributed by atoms with van der Waals surface area (Å²) in [5.41, 5.74) is 12.7. The number of nitrogen functional groups attached to an aromatic ring is 1. The van der Waals surface area contributed by atoms with Crippen molar-refractivity contribution in [2.24, 2.45) is 0 Å². The first kappa shape index (κ1) is 25.2. The van der Waals surface area contributed by atoms with Gasteiger partial charge in [-0.25, -0.2) is 0 Å². The highest BCUT2D eigenvalue weighted by Crippen LogP contribution is 2.32. The van der Waals surface area contributed by atoms with Crippen molar-refractivity contribution in [1.82, 2.24) is 10.6 Å². The first-order chi connectivity index (χ1) is 17.9. The molecule has 0 bridgehead atoms. The van der Waals surface area contributed by atoms with Crippen LogP contribution >= 0.6 is 0 Å². The van der Waals surface area contributed by atoms with Gasteiger partial charge in [0.25, 0.3) is 5.91 Å². The Morgan fingerprint density at radius 3 is 1.73 bits per heavy atom. The second-order valence-electron chi connectivity index (χ2n) is 8.49. The third-order valence-corrected chi connectivity index (χ3v) is 6.04. The minimum atomic E-state index is -0.995. The van der Waals surface area contributed by atoms with Gasteiger partial charge in [-0.05, 0) is 58.1 Å². The molecule has 7 heteroatoms. The van der Waals surface area contributed by atoms with Crippen molar-refractivity contribution in [3.63, 3.8) is 0 Å². The molecular weight excluding hydrogens is 464 g/mol. The molecule has 0 aromatic heterocycles. The summed E-state index contributed by atoms with van der Waals surface area (Å²) in [5.74, 6) is -2.20. The number of hydrogen-bond acceptors (Lipinski definition) is 4. The quantitative estimate of drug-likeness (QED) is 0.207. The molecule has 0 radical (unpaired) electrons. The third kappa shape index (κ3) is 6.02. The molecule has 5 rings (SSSR count). The zero-order valence-corrected chi connectivity index (χ0v) is 20.6. The van der Waals surface area contributed by atoms with Gasteiger partial charge in [-0.3, -0.25) is 14.4 Å². The Hall–Kier alpha value is -4.91. The number of benzene rings is 4. The summed E-state index contributed by atoms with van der Waals surface area (Å²) in [5, 5.41) is 7.79. The van der Waals surface area contributed by atoms with E-state index in [9.17, 15) is 14.4 Å². The van der Waals surface area contributed by atoms with Crippen molar-refractivity contribution >= 4 is 29.1 Å². The van der Waals surface area contributed by atoms with E-state index in [1.165, 1.54) is 25.2 Å². The molecule has 0 heterocycles. The van der Waals surface area contributed by atoms with Crippen LogP contribution in [0, 0.1) is 0 Å². The lowest BCUT2D eigenvalue weighted by molar-refractivity contribution is -0.131. The van der Waals surface area contributed by atoms with Crippen molar-refractivity contribution in [3.8, 4) is 22.3 Å². The van der Waals surface area contributed by atoms with Gasteiger partial charge in [0.2, 0.25) is 11.8 Å². The van der Waals surface area contributed by atoms with E-state index in [0.717, 1.165) is 11.1 Å². The molecule has 7 nitrogen and oxygen atoms in total. The average Bonchev–Trinajstić information content (AvgIpc) is 3.54. The molecule has 0 aliphatic heterocycles. The fourth-order valence-electron chi connectivity index (χ4n) is 3.88. The lowest BCUT2D eigenvalue weighted by Crippen LogP contribution is -2.36. The zero-order valence-electron chi connectivity index (χ0n) is 20.6. The molecule has 2 aliphatic carbocycles. The lowest BCUT2D eigenvalue weighted by atomic mass is 9.96. The molecule has 0 saturated heterocycles. The van der Waals surface area contributed by atoms with Crippen LogP contribution in [-0.4, -0.2) is 31.8 Å². The highest BCUT2D eigenvalue weighted by molar-refractivity contribution is 6.07. The van der Waals surface area contributed by atoms with E-state index in [4.69, 9.17) is 5.73 Å². The average molecular weight is 493 g/mol. The van der Waals surface area contributed by atoms with E-state index in [2.05, 4.69) is 40.2 Å². The normalized spacial score (nSPS) is 10.6. The number of likely N-dealkylation sites (N-methyl/N-ethyl adjacent to an activating group) is 2. The number of rotatable bonds is 6. The summed E-state index contributed by atoms with van der Waals surface area (Å²) in [6.07, 6.45) is 0. The lowest BCUT2D eigenvalue weighted by Gasteiger charge is -2.15. The maximum absolute atomic E-state index is 12.8. The van der Waals surface area contributed by atoms with Crippen LogP contribution in [0.15, 0.2) is 97.1 Å². The van der Waals surface area contributed by atoms with Crippen molar-refractivity contribution in [2.75, 3.05) is 25.1 Å². The molecule has 3 amide bonds. The van der Waals surface area contributed by atoms with Crippen LogP contribution in [0.2, 0.25) is 0 Å². The van der Waals surface area contributed by atoms with Crippen LogP contribution in [0.25, 0.3) is 22.3 Å². The van der Waals surface area contributed by atoms with Crippen LogP contribution < -0.4 is 21.7 Å². The van der Waals surface area contributed by atoms with Crippen LogP contribution in [0.5, 0.6) is 0 Å². The first-order valence-electron chi connectivity index (χ1n) is 11.8. The number of nitrogens with one attached hydrogen (secondary N) is 3. The van der Waals surface area contributed by atoms with E-state index < -0.39 is 17.7 Å². The van der Waals surface area contributed by atoms with Gasteiger partial charge in [-0.15, -0.1) is 0 Å². The van der Waals surface area contributed by atoms with E-state index >= 15 is 0 Å². The molecule has 3 aromatic carbocycles. The summed E-state index contributed by atoms with van der Waals surface area (Å²) in [4.78, 5) is 36.9. The summed E-state index contributed by atoms with van der Waals surface area (Å²) < 4.78 is 0. The second kappa shape index (κ2) is 11.2. The van der Waals surface area contributed by atoms with Crippen molar-refractivity contribution in [1.29, 1.82) is 0 Å². The van der Waals surface area contributed by atoms with E-state index in [-0.39, 0.29) is 5.91 Å². The maximum atomic E-state index is 12.8. The molecule has 0 atom stereocenters. The van der Waals surface area contributed by atoms with E-state index in [1.54, 1.807) is 30.3 Å². The number of anilines is 2. The van der Waals surface area contributed by atoms with Crippen molar-refractivity contribution in [2.45, 2.75) is 5.92 Å². The fraction of sp³-hybridized carbons (Fsp3) is 0.100. The Labute approximate surface area is 215 Å². The number of fused-ring (bicyclic) bond motifs is 1. The Kier molecular flexibility index (Phi) is 7.64. The van der Waals surface area contributed by atoms with Gasteiger partial charge < -0.3 is 21.7 Å². The molecule has 37 heavy (non-hydrogen) atoms. The smallest absolute Gasteiger partial charge is 0.255 e. The van der Waals surface area contributed by atoms with E-state index in [1.807, 2.05) is 42.5 Å². The SMILES string of the molecule is CNC(=O)C(C(=O)NC)c1ccc(C(=O)Nc2cc(-c3ccccc3)ccc2N)cc1.c1cc2cc-2c1. The summed E-state index contributed by atoms with van der Waals surface area (Å²) in [6.45, 7) is 0. The summed E-state index contributed by atoms with van der Waals surface area (Å²) in [6, 6.07) is 30.0. The van der Waals surface area contributed by atoms with Crippen molar-refractivity contribution in [3.05, 3.63) is 108 Å². The molecule has 2 aliphatic rings. The Balaban J connectivity index is 0.000000458. The molecule has 186 valence electrons. The molecule has 3 aromatic rings. The van der Waals surface area contributed by atoms with Gasteiger partial charge in [0, 0.05) is 19.7 Å². The number of amides is 3. The van der Waals surface area contributed by atoms with Gasteiger partial charge in [0.05, 0.1) is 11.4 Å². The second-order valence-corrected chi connectivity index (χ2v) is 8.49. The van der Waals surface area contributed by atoms with Gasteiger partial charge in [0.1, 0.15) is 5.92 Å². The maximum Gasteiger partial charge on any atom is 0.255 e. The number of hydrogen-bond donors (Lipinski definition) is 4. The molecule has 0 saturated carbocycles. The third-order valence-electron chi connectivity index (χ3n) is 6.04. The molecular formula is C30H28N4O3. The highest BCUT2D eigenvalue weighted by Gasteiger charge is 2.27. The van der Waals surface area contributed by atoms with Crippen LogP contribution in [0.1, 0.15) is 21.8 Å². The van der Waals surface area contributed by atoms with Gasteiger partial charge >= 0.3 is 0 Å². The number of carbonyl (C=O) groups excluding carboxylic acids is 3. The predicted octanol–water partition coefficient (Wildman–Crippen LogP) is 4.43. The zero-order chi connectivity index (χ0) is 26.4. The summed E-state index contributed by atoms with van der Waals surface area (Å²) in [7, 11) is 2.93. The Bertz CT molecular complexity index is 1400. The minimum absolute atomic E-state index is 0.347. The topological polar surface area (TPSA) is 113 Å². The van der Waals surface area contributed by atoms with Gasteiger partial charge in [0.15, 0.2) is 0 Å². The monoisotopic (exact) mass is 492 g/mol. The Morgan fingerprint density at radius 1 is 0.649 bits per heavy atom. The Morgan fingerprint density at radius 2 is 1.22 bits per heavy atom. The van der Waals surface area contributed by atoms with Gasteiger partial charge in [-0.1, -0.05) is 66.7 Å². The molecule has 0 unspecified atom stereocenters. The van der Waals surface area contributed by atoms with Gasteiger partial charge in [-0.2, -0.15) is 0 Å². The summed E-state index contributed by atoms with van der Waals surface area (Å²) >= 11 is 0. The molecule has 0 fully saturated rings. The van der Waals surface area contributed by atoms with Crippen molar-refractivity contribution < 1.29 is 14.4 Å². The standard InChI is InChI=1S/C24H24N4O3.C6H4/c1-26-23(30)21(24(31)27-2)16-8-10-17(11-9-16)22(29)28-20-14-18(12-13-19(20)25)15-6-4-3-5-7-15;1-2-5-4-6(5)3-1/h3-14,21H,25H2,1-2H3,(H,26,30)(H,27,31)(H,28,29);1-4H. The van der Waals surface area contributed by atoms with Crippen LogP contribution in [-0.2, 0) is 9.59 Å². The largest absolute Gasteiger partial charge is 0.397 e. The first-order valence-corrected chi connectivity index (χ1v) is 11.8. The number of nitrogens with two attached hydrogens (primary N) is 1. The van der Waals surface area contributed by atoms with Crippen LogP contribution in [0.3, 0.4) is 0 Å².